The van der Waals surface area contributed by atoms with E-state index in [1.165, 1.54) is 135 Å². The van der Waals surface area contributed by atoms with E-state index in [9.17, 15) is 30.3 Å². The molecule has 1 fully saturated rings. The molecule has 9 heteroatoms. The SMILES string of the molecule is CCCCCCCCCC/C=C/CC/C=C/C(O)C(COC1OC(CO)C(O)C(O)C1O)NC(=O)CCCCCCCCC/C=C\C/C=C\CCCCCCCCCCC. The molecule has 0 spiro atoms. The van der Waals surface area contributed by atoms with Gasteiger partial charge in [0, 0.05) is 6.42 Å². The van der Waals surface area contributed by atoms with E-state index in [1.807, 2.05) is 6.08 Å². The summed E-state index contributed by atoms with van der Waals surface area (Å²) in [6.45, 7) is 3.74. The Bertz CT molecular complexity index is 1080. The number of ether oxygens (including phenoxy) is 2. The molecule has 350 valence electrons. The van der Waals surface area contributed by atoms with E-state index in [0.717, 1.165) is 57.8 Å². The van der Waals surface area contributed by atoms with Gasteiger partial charge in [0.1, 0.15) is 24.4 Å². The summed E-state index contributed by atoms with van der Waals surface area (Å²) < 4.78 is 11.2. The molecule has 0 aromatic heterocycles. The van der Waals surface area contributed by atoms with Crippen LogP contribution in [-0.2, 0) is 14.3 Å². The smallest absolute Gasteiger partial charge is 0.220 e. The molecule has 0 aliphatic carbocycles. The van der Waals surface area contributed by atoms with E-state index in [1.54, 1.807) is 6.08 Å². The molecule has 60 heavy (non-hydrogen) atoms. The quantitative estimate of drug-likeness (QED) is 0.0263. The van der Waals surface area contributed by atoms with Gasteiger partial charge in [-0.25, -0.2) is 0 Å². The number of carbonyl (C=O) groups excluding carboxylic acids is 1. The topological polar surface area (TPSA) is 149 Å². The van der Waals surface area contributed by atoms with Crippen LogP contribution < -0.4 is 5.32 Å². The van der Waals surface area contributed by atoms with Crippen LogP contribution in [0.1, 0.15) is 213 Å². The summed E-state index contributed by atoms with van der Waals surface area (Å²) in [5.41, 5.74) is 0. The Kier molecular flexibility index (Phi) is 38.5. The fourth-order valence-corrected chi connectivity index (χ4v) is 7.61. The third kappa shape index (κ3) is 31.1. The molecule has 1 heterocycles. The second kappa shape index (κ2) is 41.2. The predicted molar refractivity (Wildman–Crippen MR) is 249 cm³/mol. The average Bonchev–Trinajstić information content (AvgIpc) is 3.25. The van der Waals surface area contributed by atoms with Crippen molar-refractivity contribution in [3.8, 4) is 0 Å². The highest BCUT2D eigenvalue weighted by Crippen LogP contribution is 2.22. The number of amides is 1. The minimum absolute atomic E-state index is 0.195. The van der Waals surface area contributed by atoms with Gasteiger partial charge in [-0.2, -0.15) is 0 Å². The lowest BCUT2D eigenvalue weighted by atomic mass is 9.99. The Labute approximate surface area is 367 Å². The van der Waals surface area contributed by atoms with Gasteiger partial charge in [0.15, 0.2) is 6.29 Å². The number of hydrogen-bond donors (Lipinski definition) is 6. The number of unbranched alkanes of at least 4 members (excludes halogenated alkanes) is 25. The Balaban J connectivity index is 2.31. The molecule has 1 aliphatic heterocycles. The van der Waals surface area contributed by atoms with Gasteiger partial charge in [0.2, 0.25) is 5.91 Å². The molecule has 1 saturated heterocycles. The number of aliphatic hydroxyl groups is 5. The van der Waals surface area contributed by atoms with E-state index < -0.39 is 49.5 Å². The summed E-state index contributed by atoms with van der Waals surface area (Å²) in [6.07, 6.45) is 45.9. The molecule has 9 nitrogen and oxygen atoms in total. The van der Waals surface area contributed by atoms with Crippen LogP contribution in [0.3, 0.4) is 0 Å². The normalized spacial score (nSPS) is 20.9. The van der Waals surface area contributed by atoms with E-state index in [4.69, 9.17) is 9.47 Å². The maximum atomic E-state index is 13.0. The molecule has 1 rings (SSSR count). The highest BCUT2D eigenvalue weighted by atomic mass is 16.7. The second-order valence-electron chi connectivity index (χ2n) is 17.2. The minimum atomic E-state index is -1.57. The van der Waals surface area contributed by atoms with Gasteiger partial charge in [0.05, 0.1) is 25.4 Å². The number of rotatable bonds is 41. The number of carbonyl (C=O) groups is 1. The van der Waals surface area contributed by atoms with Crippen molar-refractivity contribution < 1.29 is 39.8 Å². The number of allylic oxidation sites excluding steroid dienone is 7. The first-order valence-electron chi connectivity index (χ1n) is 24.9. The standard InChI is InChI=1S/C51H93NO8/c1-3-5-7-9-11-13-15-17-19-20-21-22-23-24-25-26-27-29-31-33-35-37-39-41-47(55)52-44(43-59-51-50(58)49(57)48(56)46(42-53)60-51)45(54)40-38-36-34-32-30-28-18-16-14-12-10-8-6-4-2/h21-22,24-25,30,32,38,40,44-46,48-51,53-54,56-58H,3-20,23,26-29,31,33-37,39,41-43H2,1-2H3,(H,52,55)/b22-21-,25-24-,32-30+,40-38+. The van der Waals surface area contributed by atoms with Gasteiger partial charge >= 0.3 is 0 Å². The van der Waals surface area contributed by atoms with Gasteiger partial charge < -0.3 is 40.3 Å². The lowest BCUT2D eigenvalue weighted by Crippen LogP contribution is -2.60. The van der Waals surface area contributed by atoms with Crippen molar-refractivity contribution >= 4 is 5.91 Å². The fourth-order valence-electron chi connectivity index (χ4n) is 7.61. The number of nitrogens with one attached hydrogen (secondary N) is 1. The lowest BCUT2D eigenvalue weighted by Gasteiger charge is -2.40. The van der Waals surface area contributed by atoms with Crippen molar-refractivity contribution in [3.05, 3.63) is 48.6 Å². The zero-order valence-corrected chi connectivity index (χ0v) is 38.5. The maximum Gasteiger partial charge on any atom is 0.220 e. The molecule has 6 N–H and O–H groups in total. The van der Waals surface area contributed by atoms with Crippen LogP contribution in [0.25, 0.3) is 0 Å². The first kappa shape index (κ1) is 56.2. The van der Waals surface area contributed by atoms with Crippen LogP contribution in [0.2, 0.25) is 0 Å². The van der Waals surface area contributed by atoms with Crippen LogP contribution >= 0.6 is 0 Å². The van der Waals surface area contributed by atoms with Crippen LogP contribution in [0.15, 0.2) is 48.6 Å². The third-order valence-electron chi connectivity index (χ3n) is 11.6. The van der Waals surface area contributed by atoms with Crippen LogP contribution in [0.4, 0.5) is 0 Å². The molecular weight excluding hydrogens is 755 g/mol. The molecule has 1 aliphatic rings. The van der Waals surface area contributed by atoms with Gasteiger partial charge in [-0.15, -0.1) is 0 Å². The molecule has 0 aromatic rings. The zero-order valence-electron chi connectivity index (χ0n) is 38.5. The molecular formula is C51H93NO8. The van der Waals surface area contributed by atoms with E-state index in [-0.39, 0.29) is 12.5 Å². The van der Waals surface area contributed by atoms with Crippen molar-refractivity contribution in [2.45, 2.75) is 256 Å². The summed E-state index contributed by atoms with van der Waals surface area (Å²) >= 11 is 0. The van der Waals surface area contributed by atoms with E-state index in [0.29, 0.717) is 6.42 Å². The van der Waals surface area contributed by atoms with Crippen LogP contribution in [-0.4, -0.2) is 87.5 Å². The average molecular weight is 848 g/mol. The summed E-state index contributed by atoms with van der Waals surface area (Å²) in [4.78, 5) is 13.0. The second-order valence-corrected chi connectivity index (χ2v) is 17.2. The van der Waals surface area contributed by atoms with Crippen molar-refractivity contribution in [3.63, 3.8) is 0 Å². The third-order valence-corrected chi connectivity index (χ3v) is 11.6. The first-order valence-corrected chi connectivity index (χ1v) is 24.9. The molecule has 0 aromatic carbocycles. The van der Waals surface area contributed by atoms with Crippen molar-refractivity contribution in [2.24, 2.45) is 0 Å². The van der Waals surface area contributed by atoms with Crippen LogP contribution in [0, 0.1) is 0 Å². The molecule has 1 amide bonds. The summed E-state index contributed by atoms with van der Waals surface area (Å²) in [5.74, 6) is -0.195. The number of aliphatic hydroxyl groups excluding tert-OH is 5. The molecule has 0 radical (unpaired) electrons. The molecule has 0 bridgehead atoms. The van der Waals surface area contributed by atoms with Crippen LogP contribution in [0.5, 0.6) is 0 Å². The summed E-state index contributed by atoms with van der Waals surface area (Å²) in [6, 6.07) is -0.826. The van der Waals surface area contributed by atoms with E-state index >= 15 is 0 Å². The monoisotopic (exact) mass is 848 g/mol. The Morgan fingerprint density at radius 1 is 0.567 bits per heavy atom. The Hall–Kier alpha value is -1.85. The largest absolute Gasteiger partial charge is 0.394 e. The summed E-state index contributed by atoms with van der Waals surface area (Å²) in [5, 5.41) is 54.2. The minimum Gasteiger partial charge on any atom is -0.394 e. The van der Waals surface area contributed by atoms with Gasteiger partial charge in [-0.3, -0.25) is 4.79 Å². The highest BCUT2D eigenvalue weighted by molar-refractivity contribution is 5.76. The lowest BCUT2D eigenvalue weighted by molar-refractivity contribution is -0.302. The Morgan fingerprint density at radius 3 is 1.50 bits per heavy atom. The first-order chi connectivity index (χ1) is 29.3. The summed E-state index contributed by atoms with van der Waals surface area (Å²) in [7, 11) is 0. The molecule has 7 atom stereocenters. The van der Waals surface area contributed by atoms with Crippen molar-refractivity contribution in [2.75, 3.05) is 13.2 Å². The zero-order chi connectivity index (χ0) is 43.7. The van der Waals surface area contributed by atoms with Gasteiger partial charge in [-0.1, -0.05) is 191 Å². The van der Waals surface area contributed by atoms with Gasteiger partial charge in [0.25, 0.3) is 0 Å². The molecule has 0 saturated carbocycles. The van der Waals surface area contributed by atoms with E-state index in [2.05, 4.69) is 55.6 Å². The maximum absolute atomic E-state index is 13.0. The fraction of sp³-hybridized carbons (Fsp3) is 0.824. The predicted octanol–water partition coefficient (Wildman–Crippen LogP) is 11.0. The molecule has 7 unspecified atom stereocenters. The van der Waals surface area contributed by atoms with Crippen molar-refractivity contribution in [1.29, 1.82) is 0 Å². The highest BCUT2D eigenvalue weighted by Gasteiger charge is 2.44. The van der Waals surface area contributed by atoms with Crippen molar-refractivity contribution in [1.82, 2.24) is 5.32 Å². The number of hydrogen-bond acceptors (Lipinski definition) is 8. The van der Waals surface area contributed by atoms with Gasteiger partial charge in [-0.05, 0) is 64.2 Å². The Morgan fingerprint density at radius 2 is 1.00 bits per heavy atom.